The van der Waals surface area contributed by atoms with Crippen molar-refractivity contribution in [3.05, 3.63) is 23.8 Å². The molecule has 1 aromatic rings. The third kappa shape index (κ3) is 4.29. The van der Waals surface area contributed by atoms with Crippen molar-refractivity contribution in [3.8, 4) is 11.8 Å². The number of anilines is 1. The average molecular weight is 246 g/mol. The summed E-state index contributed by atoms with van der Waals surface area (Å²) >= 11 is 0. The van der Waals surface area contributed by atoms with Crippen molar-refractivity contribution >= 4 is 5.69 Å². The van der Waals surface area contributed by atoms with E-state index in [1.807, 2.05) is 39.0 Å². The van der Waals surface area contributed by atoms with E-state index in [9.17, 15) is 0 Å². The van der Waals surface area contributed by atoms with Crippen molar-refractivity contribution in [3.63, 3.8) is 0 Å². The number of unbranched alkanes of at least 4 members (excludes halogenated alkanes) is 1. The largest absolute Gasteiger partial charge is 0.491 e. The lowest BCUT2D eigenvalue weighted by atomic mass is 9.89. The molecule has 1 aromatic carbocycles. The van der Waals surface area contributed by atoms with Crippen LogP contribution in [0.2, 0.25) is 0 Å². The molecule has 18 heavy (non-hydrogen) atoms. The van der Waals surface area contributed by atoms with E-state index in [-0.39, 0.29) is 5.41 Å². The van der Waals surface area contributed by atoms with Crippen LogP contribution in [0.4, 0.5) is 5.69 Å². The number of nitrogen functional groups attached to an aromatic ring is 1. The third-order valence-corrected chi connectivity index (χ3v) is 2.99. The van der Waals surface area contributed by atoms with Gasteiger partial charge in [0.2, 0.25) is 0 Å². The number of ether oxygens (including phenoxy) is 1. The summed E-state index contributed by atoms with van der Waals surface area (Å²) in [7, 11) is 0. The van der Waals surface area contributed by atoms with Crippen molar-refractivity contribution < 1.29 is 4.74 Å². The minimum absolute atomic E-state index is 0.234. The molecule has 0 saturated carbocycles. The molecule has 1 rings (SSSR count). The Balaban J connectivity index is 2.33. The van der Waals surface area contributed by atoms with Crippen molar-refractivity contribution in [1.82, 2.24) is 0 Å². The molecular weight excluding hydrogens is 224 g/mol. The summed E-state index contributed by atoms with van der Waals surface area (Å²) in [6.07, 6.45) is 2.83. The molecule has 0 fully saturated rings. The highest BCUT2D eigenvalue weighted by atomic mass is 16.5. The predicted molar refractivity (Wildman–Crippen MR) is 74.3 cm³/mol. The zero-order valence-corrected chi connectivity index (χ0v) is 11.5. The van der Waals surface area contributed by atoms with Gasteiger partial charge in [-0.05, 0) is 51.7 Å². The van der Waals surface area contributed by atoms with Gasteiger partial charge in [-0.1, -0.05) is 12.1 Å². The molecule has 3 nitrogen and oxygen atoms in total. The number of benzene rings is 1. The lowest BCUT2D eigenvalue weighted by molar-refractivity contribution is 0.294. The van der Waals surface area contributed by atoms with Gasteiger partial charge in [-0.2, -0.15) is 5.26 Å². The lowest BCUT2D eigenvalue weighted by Crippen LogP contribution is -2.08. The van der Waals surface area contributed by atoms with E-state index in [1.54, 1.807) is 0 Å². The van der Waals surface area contributed by atoms with E-state index in [0.717, 1.165) is 30.6 Å². The summed E-state index contributed by atoms with van der Waals surface area (Å²) in [5, 5.41) is 8.90. The van der Waals surface area contributed by atoms with E-state index in [2.05, 4.69) is 6.07 Å². The van der Waals surface area contributed by atoms with Gasteiger partial charge >= 0.3 is 0 Å². The quantitative estimate of drug-likeness (QED) is 0.615. The van der Waals surface area contributed by atoms with Gasteiger partial charge in [-0.25, -0.2) is 0 Å². The molecule has 0 heterocycles. The highest BCUT2D eigenvalue weighted by molar-refractivity contribution is 5.56. The van der Waals surface area contributed by atoms with Crippen molar-refractivity contribution in [1.29, 1.82) is 5.26 Å². The van der Waals surface area contributed by atoms with Gasteiger partial charge in [0, 0.05) is 0 Å². The van der Waals surface area contributed by atoms with Crippen LogP contribution in [-0.2, 0) is 0 Å². The normalized spacial score (nSPS) is 11.0. The van der Waals surface area contributed by atoms with Crippen LogP contribution >= 0.6 is 0 Å². The fourth-order valence-corrected chi connectivity index (χ4v) is 1.77. The van der Waals surface area contributed by atoms with E-state index >= 15 is 0 Å². The summed E-state index contributed by atoms with van der Waals surface area (Å²) in [5.74, 6) is 0.789. The Hall–Kier alpha value is -1.69. The van der Waals surface area contributed by atoms with Gasteiger partial charge in [-0.15, -0.1) is 0 Å². The second-order valence-corrected chi connectivity index (χ2v) is 5.29. The molecule has 3 heteroatoms. The molecule has 0 amide bonds. The Morgan fingerprint density at radius 2 is 2.06 bits per heavy atom. The second kappa shape index (κ2) is 6.30. The van der Waals surface area contributed by atoms with Crippen LogP contribution in [0.1, 0.15) is 38.7 Å². The smallest absolute Gasteiger partial charge is 0.145 e. The minimum atomic E-state index is -0.234. The molecule has 2 N–H and O–H groups in total. The van der Waals surface area contributed by atoms with Gasteiger partial charge in [0.15, 0.2) is 0 Å². The maximum absolute atomic E-state index is 8.90. The van der Waals surface area contributed by atoms with E-state index in [1.165, 1.54) is 0 Å². The van der Waals surface area contributed by atoms with Crippen molar-refractivity contribution in [2.45, 2.75) is 40.0 Å². The van der Waals surface area contributed by atoms with Crippen LogP contribution in [0.25, 0.3) is 0 Å². The summed E-state index contributed by atoms with van der Waals surface area (Å²) in [4.78, 5) is 0. The maximum Gasteiger partial charge on any atom is 0.145 e. The Bertz CT molecular complexity index is 412. The number of nitrogens with zero attached hydrogens (tertiary/aromatic N) is 1. The number of rotatable bonds is 6. The summed E-state index contributed by atoms with van der Waals surface area (Å²) < 4.78 is 5.71. The number of nitriles is 1. The van der Waals surface area contributed by atoms with Crippen molar-refractivity contribution in [2.24, 2.45) is 5.41 Å². The van der Waals surface area contributed by atoms with Gasteiger partial charge in [0.05, 0.1) is 23.8 Å². The second-order valence-electron chi connectivity index (χ2n) is 5.29. The first-order valence-corrected chi connectivity index (χ1v) is 6.35. The third-order valence-electron chi connectivity index (χ3n) is 2.99. The molecule has 0 aliphatic rings. The highest BCUT2D eigenvalue weighted by Gasteiger charge is 2.15. The van der Waals surface area contributed by atoms with E-state index in [0.29, 0.717) is 12.3 Å². The Morgan fingerprint density at radius 1 is 1.33 bits per heavy atom. The van der Waals surface area contributed by atoms with E-state index < -0.39 is 0 Å². The molecule has 0 aromatic heterocycles. The van der Waals surface area contributed by atoms with Gasteiger partial charge in [0.1, 0.15) is 5.75 Å². The number of aryl methyl sites for hydroxylation is 1. The van der Waals surface area contributed by atoms with Crippen LogP contribution in [0.3, 0.4) is 0 Å². The Morgan fingerprint density at radius 3 is 2.67 bits per heavy atom. The Labute approximate surface area is 110 Å². The van der Waals surface area contributed by atoms with Gasteiger partial charge < -0.3 is 10.5 Å². The molecule has 0 bridgehead atoms. The molecule has 0 saturated heterocycles. The lowest BCUT2D eigenvalue weighted by Gasteiger charge is -2.15. The van der Waals surface area contributed by atoms with Crippen molar-refractivity contribution in [2.75, 3.05) is 12.3 Å². The molecule has 0 aliphatic heterocycles. The van der Waals surface area contributed by atoms with Crippen LogP contribution < -0.4 is 10.5 Å². The first-order chi connectivity index (χ1) is 8.46. The number of para-hydroxylation sites is 1. The fourth-order valence-electron chi connectivity index (χ4n) is 1.77. The molecule has 0 atom stereocenters. The summed E-state index contributed by atoms with van der Waals surface area (Å²) in [5.41, 5.74) is 7.37. The van der Waals surface area contributed by atoms with Gasteiger partial charge in [-0.3, -0.25) is 0 Å². The first kappa shape index (κ1) is 14.4. The highest BCUT2D eigenvalue weighted by Crippen LogP contribution is 2.26. The average Bonchev–Trinajstić information content (AvgIpc) is 2.32. The number of hydrogen-bond donors (Lipinski definition) is 1. The minimum Gasteiger partial charge on any atom is -0.491 e. The van der Waals surface area contributed by atoms with Gasteiger partial charge in [0.25, 0.3) is 0 Å². The molecule has 0 unspecified atom stereocenters. The summed E-state index contributed by atoms with van der Waals surface area (Å²) in [6, 6.07) is 8.07. The van der Waals surface area contributed by atoms with Crippen LogP contribution in [0.5, 0.6) is 5.75 Å². The molecular formula is C15H22N2O. The monoisotopic (exact) mass is 246 g/mol. The standard InChI is InChI=1S/C15H22N2O/c1-12-7-6-8-13(17)14(12)18-10-5-4-9-15(2,3)11-16/h6-8H,4-5,9-10,17H2,1-3H3. The zero-order chi connectivity index (χ0) is 13.6. The zero-order valence-electron chi connectivity index (χ0n) is 11.5. The first-order valence-electron chi connectivity index (χ1n) is 6.35. The maximum atomic E-state index is 8.90. The summed E-state index contributed by atoms with van der Waals surface area (Å²) in [6.45, 7) is 6.57. The molecule has 0 aliphatic carbocycles. The number of hydrogen-bond acceptors (Lipinski definition) is 3. The molecule has 0 spiro atoms. The number of nitrogens with two attached hydrogens (primary N) is 1. The Kier molecular flexibility index (Phi) is 5.03. The van der Waals surface area contributed by atoms with Crippen LogP contribution in [0, 0.1) is 23.7 Å². The van der Waals surface area contributed by atoms with Crippen LogP contribution in [0.15, 0.2) is 18.2 Å². The molecule has 0 radical (unpaired) electrons. The van der Waals surface area contributed by atoms with E-state index in [4.69, 9.17) is 15.7 Å². The SMILES string of the molecule is Cc1cccc(N)c1OCCCCC(C)(C)C#N. The van der Waals surface area contributed by atoms with Crippen LogP contribution in [-0.4, -0.2) is 6.61 Å². The fraction of sp³-hybridized carbons (Fsp3) is 0.533. The molecule has 98 valence electrons. The predicted octanol–water partition coefficient (Wildman–Crippen LogP) is 3.68. The topological polar surface area (TPSA) is 59.0 Å².